The molecule has 0 N–H and O–H groups in total. The molecule has 0 amide bonds. The summed E-state index contributed by atoms with van der Waals surface area (Å²) in [5, 5.41) is 3.24. The highest BCUT2D eigenvalue weighted by Gasteiger charge is 2.47. The average molecular weight is 589 g/mol. The summed E-state index contributed by atoms with van der Waals surface area (Å²) in [4.78, 5) is 6.47. The fraction of sp³-hybridized carbons (Fsp3) is 0.625. The van der Waals surface area contributed by atoms with E-state index in [4.69, 9.17) is 0 Å². The van der Waals surface area contributed by atoms with Gasteiger partial charge in [-0.25, -0.2) is 8.42 Å². The van der Waals surface area contributed by atoms with Crippen molar-refractivity contribution in [2.45, 2.75) is 130 Å². The van der Waals surface area contributed by atoms with E-state index in [1.807, 2.05) is 24.3 Å². The molecule has 0 saturated heterocycles. The zero-order valence-electron chi connectivity index (χ0n) is 24.4. The predicted molar refractivity (Wildman–Crippen MR) is 174 cm³/mol. The van der Waals surface area contributed by atoms with Crippen LogP contribution < -0.4 is 10.4 Å². The highest BCUT2D eigenvalue weighted by atomic mass is 32.2. The lowest BCUT2D eigenvalue weighted by atomic mass is 10.1. The highest BCUT2D eigenvalue weighted by Crippen LogP contribution is 2.47. The molecule has 2 aromatic rings. The predicted octanol–water partition coefficient (Wildman–Crippen LogP) is 9.84. The Balaban J connectivity index is 1.71. The van der Waals surface area contributed by atoms with Gasteiger partial charge in [0.15, 0.2) is 0 Å². The lowest BCUT2D eigenvalue weighted by Gasteiger charge is -2.29. The molecule has 2 aliphatic heterocycles. The Kier molecular flexibility index (Phi) is 10.4. The van der Waals surface area contributed by atoms with Gasteiger partial charge in [0.25, 0.3) is 0 Å². The first-order valence-electron chi connectivity index (χ1n) is 15.2. The maximum atomic E-state index is 13.6. The maximum absolute atomic E-state index is 13.6. The van der Waals surface area contributed by atoms with Gasteiger partial charge in [-0.3, -0.25) is 0 Å². The number of aryl methyl sites for hydroxylation is 1. The third-order valence-electron chi connectivity index (χ3n) is 8.73. The third-order valence-corrected chi connectivity index (χ3v) is 18.9. The summed E-state index contributed by atoms with van der Waals surface area (Å²) in [5.74, 6) is 0. The summed E-state index contributed by atoms with van der Waals surface area (Å²) in [6, 6.07) is 7.52. The van der Waals surface area contributed by atoms with Gasteiger partial charge in [0, 0.05) is 24.4 Å². The molecule has 0 fully saturated rings. The molecule has 0 unspecified atom stereocenters. The summed E-state index contributed by atoms with van der Waals surface area (Å²) >= 11 is 3.72. The van der Waals surface area contributed by atoms with E-state index >= 15 is 0 Å². The van der Waals surface area contributed by atoms with Crippen molar-refractivity contribution in [2.75, 3.05) is 0 Å². The quantitative estimate of drug-likeness (QED) is 0.144. The fourth-order valence-corrected chi connectivity index (χ4v) is 17.6. The number of allylic oxidation sites excluding steroid dienone is 3. The Bertz CT molecular complexity index is 1260. The van der Waals surface area contributed by atoms with Gasteiger partial charge in [0.1, 0.15) is 8.07 Å². The van der Waals surface area contributed by atoms with Crippen LogP contribution in [0.2, 0.25) is 12.1 Å². The van der Waals surface area contributed by atoms with Crippen molar-refractivity contribution in [3.8, 4) is 9.75 Å². The number of fused-ring (bicyclic) bond motifs is 3. The molecule has 0 aliphatic carbocycles. The van der Waals surface area contributed by atoms with Gasteiger partial charge in [0.05, 0.1) is 4.91 Å². The van der Waals surface area contributed by atoms with Crippen LogP contribution in [-0.2, 0) is 9.84 Å². The number of sulfone groups is 1. The average Bonchev–Trinajstić information content (AvgIpc) is 3.60. The van der Waals surface area contributed by atoms with Crippen LogP contribution in [0.4, 0.5) is 0 Å². The minimum Gasteiger partial charge on any atom is -0.219 e. The Morgan fingerprint density at radius 3 is 1.87 bits per heavy atom. The molecule has 4 rings (SSSR count). The number of rotatable bonds is 16. The first kappa shape index (κ1) is 30.0. The molecule has 2 nitrogen and oxygen atoms in total. The summed E-state index contributed by atoms with van der Waals surface area (Å²) < 4.78 is 27.2. The summed E-state index contributed by atoms with van der Waals surface area (Å²) in [5.41, 5.74) is 1.04. The van der Waals surface area contributed by atoms with Gasteiger partial charge in [-0.2, -0.15) is 0 Å². The van der Waals surface area contributed by atoms with Gasteiger partial charge in [-0.05, 0) is 72.9 Å². The van der Waals surface area contributed by atoms with E-state index < -0.39 is 17.9 Å². The monoisotopic (exact) mass is 588 g/mol. The van der Waals surface area contributed by atoms with Crippen molar-refractivity contribution in [1.29, 1.82) is 0 Å². The van der Waals surface area contributed by atoms with Crippen LogP contribution in [0.1, 0.15) is 121 Å². The zero-order valence-corrected chi connectivity index (χ0v) is 27.8. The van der Waals surface area contributed by atoms with E-state index in [1.54, 1.807) is 21.7 Å². The number of unbranched alkanes of at least 4 members (excludes halogenated alkanes) is 9. The molecule has 6 heteroatoms. The van der Waals surface area contributed by atoms with Crippen LogP contribution in [0.15, 0.2) is 28.7 Å². The second kappa shape index (κ2) is 13.1. The van der Waals surface area contributed by atoms with E-state index in [9.17, 15) is 8.42 Å². The fourth-order valence-electron chi connectivity index (χ4n) is 6.46. The highest BCUT2D eigenvalue weighted by molar-refractivity contribution is 8.04. The van der Waals surface area contributed by atoms with Crippen LogP contribution in [-0.4, -0.2) is 16.5 Å². The number of hydrogen-bond donors (Lipinski definition) is 0. The van der Waals surface area contributed by atoms with Crippen molar-refractivity contribution < 1.29 is 8.42 Å². The Morgan fingerprint density at radius 1 is 0.711 bits per heavy atom. The van der Waals surface area contributed by atoms with Crippen molar-refractivity contribution in [1.82, 2.24) is 0 Å². The van der Waals surface area contributed by atoms with Crippen molar-refractivity contribution in [2.24, 2.45) is 0 Å². The van der Waals surface area contributed by atoms with Crippen molar-refractivity contribution in [3.05, 3.63) is 38.4 Å². The van der Waals surface area contributed by atoms with E-state index in [0.717, 1.165) is 23.3 Å². The maximum Gasteiger partial charge on any atom is 0.204 e. The minimum atomic E-state index is -3.39. The number of thiophene rings is 2. The number of hydrogen-bond acceptors (Lipinski definition) is 4. The molecule has 0 bridgehead atoms. The van der Waals surface area contributed by atoms with Crippen molar-refractivity contribution >= 4 is 55.9 Å². The molecule has 38 heavy (non-hydrogen) atoms. The molecule has 2 aliphatic rings. The first-order chi connectivity index (χ1) is 18.3. The molecule has 4 heterocycles. The molecule has 0 saturated carbocycles. The second-order valence-electron chi connectivity index (χ2n) is 11.6. The van der Waals surface area contributed by atoms with Crippen molar-refractivity contribution in [3.63, 3.8) is 0 Å². The van der Waals surface area contributed by atoms with Gasteiger partial charge in [-0.1, -0.05) is 91.4 Å². The molecule has 0 atom stereocenters. The zero-order chi connectivity index (χ0) is 27.3. The van der Waals surface area contributed by atoms with Crippen LogP contribution in [0.3, 0.4) is 0 Å². The molecule has 0 aromatic carbocycles. The minimum absolute atomic E-state index is 0.578. The first-order valence-corrected chi connectivity index (χ1v) is 20.8. The van der Waals surface area contributed by atoms with Gasteiger partial charge < -0.3 is 0 Å². The van der Waals surface area contributed by atoms with Gasteiger partial charge >= 0.3 is 0 Å². The van der Waals surface area contributed by atoms with Crippen LogP contribution in [0.25, 0.3) is 14.7 Å². The second-order valence-corrected chi connectivity index (χ2v) is 20.2. The van der Waals surface area contributed by atoms with E-state index in [2.05, 4.69) is 39.8 Å². The molecule has 210 valence electrons. The summed E-state index contributed by atoms with van der Waals surface area (Å²) in [6.45, 7) is 10.9. The lowest BCUT2D eigenvalue weighted by molar-refractivity contribution is 0.611. The third kappa shape index (κ3) is 5.89. The standard InChI is InChI=1S/C32H48O2S3Si/c1-6-9-12-15-18-26-22-28(37(33,34)25(26)5)27-23-30-32(36-27)31-29(21-24(4)35-31)38(30,19-16-13-10-7-2)20-17-14-11-8-3/h21-23H,6-20H2,1-5H3. The largest absolute Gasteiger partial charge is 0.219 e. The Labute approximate surface area is 241 Å². The Morgan fingerprint density at radius 2 is 1.26 bits per heavy atom. The summed E-state index contributed by atoms with van der Waals surface area (Å²) in [6.07, 6.45) is 18.0. The molecular formula is C32H48O2S3Si. The Hall–Kier alpha value is -0.953. The molecule has 0 radical (unpaired) electrons. The topological polar surface area (TPSA) is 34.1 Å². The SMILES string of the molecule is CCCCCCC1=C(C)S(=O)(=O)C(c2cc3c(s2)-c2sc(C)cc2[Si]3(CCCCCC)CCCCCC)=C1. The van der Waals surface area contributed by atoms with E-state index in [1.165, 1.54) is 97.3 Å². The van der Waals surface area contributed by atoms with Gasteiger partial charge in [0.2, 0.25) is 9.84 Å². The lowest BCUT2D eigenvalue weighted by Crippen LogP contribution is -2.54. The van der Waals surface area contributed by atoms with E-state index in [-0.39, 0.29) is 0 Å². The molecule has 0 spiro atoms. The smallest absolute Gasteiger partial charge is 0.204 e. The summed E-state index contributed by atoms with van der Waals surface area (Å²) in [7, 11) is -5.29. The molecule has 2 aromatic heterocycles. The van der Waals surface area contributed by atoms with Gasteiger partial charge in [-0.15, -0.1) is 22.7 Å². The van der Waals surface area contributed by atoms with E-state index in [0.29, 0.717) is 9.81 Å². The molecular weight excluding hydrogens is 541 g/mol. The normalized spacial score (nSPS) is 17.2. The van der Waals surface area contributed by atoms with Crippen LogP contribution in [0.5, 0.6) is 0 Å². The van der Waals surface area contributed by atoms with Crippen LogP contribution >= 0.6 is 22.7 Å². The van der Waals surface area contributed by atoms with Crippen LogP contribution in [0, 0.1) is 6.92 Å².